The number of hydrogen-bond donors (Lipinski definition) is 0. The van der Waals surface area contributed by atoms with Crippen LogP contribution in [0.3, 0.4) is 0 Å². The van der Waals surface area contributed by atoms with Gasteiger partial charge in [-0.15, -0.1) is 0 Å². The molecule has 0 saturated heterocycles. The van der Waals surface area contributed by atoms with Gasteiger partial charge in [0.15, 0.2) is 0 Å². The lowest BCUT2D eigenvalue weighted by molar-refractivity contribution is 0.0683. The molecule has 0 aliphatic rings. The van der Waals surface area contributed by atoms with Crippen LogP contribution in [0, 0.1) is 6.92 Å². The Bertz CT molecular complexity index is 1100. The quantitative estimate of drug-likeness (QED) is 0.803. The Hall–Kier alpha value is -1.64. The molecule has 2 aromatic carbocycles. The summed E-state index contributed by atoms with van der Waals surface area (Å²) in [6.07, 6.45) is -3.05. The van der Waals surface area contributed by atoms with Crippen molar-refractivity contribution in [2.45, 2.75) is 13.0 Å². The van der Waals surface area contributed by atoms with Gasteiger partial charge in [0, 0.05) is 17.5 Å². The van der Waals surface area contributed by atoms with E-state index in [1.807, 2.05) is 0 Å². The van der Waals surface area contributed by atoms with E-state index in [-0.39, 0.29) is 11.1 Å². The van der Waals surface area contributed by atoms with E-state index < -0.39 is 73.8 Å². The van der Waals surface area contributed by atoms with Crippen LogP contribution in [0.5, 0.6) is 0 Å². The van der Waals surface area contributed by atoms with Gasteiger partial charge in [0.05, 0.1) is 17.5 Å². The van der Waals surface area contributed by atoms with Crippen molar-refractivity contribution in [1.29, 1.82) is 0 Å². The Morgan fingerprint density at radius 2 is 2.05 bits per heavy atom. The second-order valence-corrected chi connectivity index (χ2v) is 3.80. The first kappa shape index (κ1) is 4.43. The topological polar surface area (TPSA) is 12.5 Å². The first-order valence-corrected chi connectivity index (χ1v) is 5.66. The molecule has 0 aromatic heterocycles. The van der Waals surface area contributed by atoms with Crippen LogP contribution in [-0.4, -0.2) is 31.9 Å². The Kier molecular flexibility index (Phi) is 1.60. The van der Waals surface area contributed by atoms with Gasteiger partial charge < -0.3 is 9.64 Å². The lowest BCUT2D eigenvalue weighted by Gasteiger charge is -2.22. The lowest BCUT2D eigenvalue weighted by atomic mass is 9.97. The number of benzene rings is 2. The van der Waals surface area contributed by atoms with Crippen molar-refractivity contribution in [2.75, 3.05) is 27.0 Å². The third kappa shape index (κ3) is 3.92. The molecule has 0 spiro atoms. The van der Waals surface area contributed by atoms with Crippen LogP contribution in [0.4, 0.5) is 0 Å². The number of rotatable bonds is 6. The van der Waals surface area contributed by atoms with Crippen LogP contribution in [0.2, 0.25) is 0 Å². The predicted molar refractivity (Wildman–Crippen MR) is 84.0 cm³/mol. The molecular weight excluding hydrogens is 246 g/mol. The molecule has 20 heavy (non-hydrogen) atoms. The highest BCUT2D eigenvalue weighted by Gasteiger charge is 2.16. The van der Waals surface area contributed by atoms with E-state index in [4.69, 9.17) is 26.7 Å². The maximum atomic E-state index is 9.08. The summed E-state index contributed by atoms with van der Waals surface area (Å²) in [5, 5.41) is 0. The van der Waals surface area contributed by atoms with Gasteiger partial charge >= 0.3 is 0 Å². The maximum Gasteiger partial charge on any atom is 0.108 e. The van der Waals surface area contributed by atoms with Crippen molar-refractivity contribution in [2.24, 2.45) is 0 Å². The van der Waals surface area contributed by atoms with Crippen molar-refractivity contribution in [3.05, 3.63) is 71.2 Å². The van der Waals surface area contributed by atoms with Gasteiger partial charge in [-0.2, -0.15) is 0 Å². The number of hydrogen-bond acceptors (Lipinski definition) is 2. The fraction of sp³-hybridized carbons (Fsp3) is 0.333. The first-order chi connectivity index (χ1) is 16.0. The van der Waals surface area contributed by atoms with Crippen molar-refractivity contribution in [3.63, 3.8) is 0 Å². The molecule has 0 bridgehead atoms. The molecule has 1 unspecified atom stereocenters. The minimum atomic E-state index is -3.94. The Balaban J connectivity index is 2.92. The van der Waals surface area contributed by atoms with Crippen molar-refractivity contribution in [1.82, 2.24) is 4.90 Å². The average Bonchev–Trinajstić information content (AvgIpc) is 2.68. The standard InChI is InChI=1S/C18H23NO/c1-15-9-7-8-12-17(15)18(20-14-13-19(2)3)16-10-5-4-6-11-16/h4-12,18H,13-14H2,1-3H3/i2D3,3D3,4D,5D,6D,10D,11D,13D2,14D2,18D. The van der Waals surface area contributed by atoms with Gasteiger partial charge in [-0.25, -0.2) is 0 Å². The minimum absolute atomic E-state index is 0.221. The zero-order valence-corrected chi connectivity index (χ0v) is 10.7. The van der Waals surface area contributed by atoms with E-state index in [9.17, 15) is 0 Å². The van der Waals surface area contributed by atoms with Crippen LogP contribution in [0.1, 0.15) is 44.7 Å². The molecule has 2 rings (SSSR count). The SMILES string of the molecule is [2H]c1c([2H])c([2H])c(C([2H])(OC([2H])([2H])C([2H])([2H])N(C([2H])([2H])[2H])C([2H])([2H])[2H])c2ccccc2C)c([2H])c1[2H]. The molecule has 2 aromatic rings. The molecule has 2 nitrogen and oxygen atoms in total. The minimum Gasteiger partial charge on any atom is -0.367 e. The number of likely N-dealkylation sites (N-methyl/N-ethyl adjacent to an activating group) is 1. The van der Waals surface area contributed by atoms with E-state index in [0.29, 0.717) is 0 Å². The van der Waals surface area contributed by atoms with Crippen molar-refractivity contribution < 1.29 is 26.7 Å². The van der Waals surface area contributed by atoms with Gasteiger partial charge in [-0.1, -0.05) is 54.5 Å². The van der Waals surface area contributed by atoms with Crippen LogP contribution < -0.4 is 0 Å². The normalized spacial score (nSPS) is 28.5. The molecule has 0 fully saturated rings. The monoisotopic (exact) mass is 285 g/mol. The molecule has 1 atom stereocenters. The van der Waals surface area contributed by atoms with E-state index >= 15 is 0 Å². The largest absolute Gasteiger partial charge is 0.367 e. The van der Waals surface area contributed by atoms with Crippen LogP contribution in [0.15, 0.2) is 54.5 Å². The molecule has 0 amide bonds. The zero-order chi connectivity index (χ0) is 28.2. The van der Waals surface area contributed by atoms with Gasteiger partial charge in [-0.05, 0) is 37.6 Å². The summed E-state index contributed by atoms with van der Waals surface area (Å²) in [5.41, 5.74) is -0.909. The first-order valence-electron chi connectivity index (χ1n) is 13.7. The fourth-order valence-electron chi connectivity index (χ4n) is 1.55. The van der Waals surface area contributed by atoms with Crippen LogP contribution in [-0.2, 0) is 4.74 Å². The van der Waals surface area contributed by atoms with Gasteiger partial charge in [0.2, 0.25) is 0 Å². The summed E-state index contributed by atoms with van der Waals surface area (Å²) >= 11 is 0. The van der Waals surface area contributed by atoms with E-state index in [1.165, 1.54) is 31.2 Å². The summed E-state index contributed by atoms with van der Waals surface area (Å²) in [6, 6.07) is 1.11. The molecule has 0 N–H and O–H groups in total. The second-order valence-electron chi connectivity index (χ2n) is 3.80. The molecule has 0 aliphatic heterocycles. The molecular formula is C18H23NO. The lowest BCUT2D eigenvalue weighted by Crippen LogP contribution is -2.20. The van der Waals surface area contributed by atoms with E-state index in [2.05, 4.69) is 0 Å². The molecule has 0 radical (unpaired) electrons. The summed E-state index contributed by atoms with van der Waals surface area (Å²) < 4.78 is 132. The highest BCUT2D eigenvalue weighted by Crippen LogP contribution is 2.28. The Morgan fingerprint density at radius 3 is 2.75 bits per heavy atom. The predicted octanol–water partition coefficient (Wildman–Crippen LogP) is 3.66. The molecule has 0 saturated carbocycles. The average molecular weight is 285 g/mol. The number of ether oxygens (including phenoxy) is 1. The van der Waals surface area contributed by atoms with Crippen molar-refractivity contribution >= 4 is 0 Å². The molecule has 0 aliphatic carbocycles. The Morgan fingerprint density at radius 1 is 1.30 bits per heavy atom. The molecule has 2 heteroatoms. The van der Waals surface area contributed by atoms with Gasteiger partial charge in [0.1, 0.15) is 6.08 Å². The third-order valence-corrected chi connectivity index (χ3v) is 2.43. The molecule has 0 heterocycles. The number of aryl methyl sites for hydroxylation is 1. The summed E-state index contributed by atoms with van der Waals surface area (Å²) in [4.78, 5) is -0.687. The van der Waals surface area contributed by atoms with Gasteiger partial charge in [0.25, 0.3) is 0 Å². The van der Waals surface area contributed by atoms with E-state index in [0.717, 1.165) is 0 Å². The Labute approximate surface area is 144 Å². The maximum absolute atomic E-state index is 9.08. The van der Waals surface area contributed by atoms with Crippen molar-refractivity contribution in [3.8, 4) is 0 Å². The zero-order valence-electron chi connectivity index (χ0n) is 26.7. The van der Waals surface area contributed by atoms with E-state index in [1.54, 1.807) is 0 Å². The van der Waals surface area contributed by atoms with Crippen LogP contribution in [0.25, 0.3) is 0 Å². The highest BCUT2D eigenvalue weighted by molar-refractivity contribution is 5.35. The summed E-state index contributed by atoms with van der Waals surface area (Å²) in [7, 11) is 0. The van der Waals surface area contributed by atoms with Gasteiger partial charge in [-0.3, -0.25) is 0 Å². The smallest absolute Gasteiger partial charge is 0.108 e. The second kappa shape index (κ2) is 7.22. The summed E-state index contributed by atoms with van der Waals surface area (Å²) in [5.74, 6) is 0. The third-order valence-electron chi connectivity index (χ3n) is 2.43. The highest BCUT2D eigenvalue weighted by atomic mass is 16.5. The molecule has 106 valence electrons. The number of nitrogens with zero attached hydrogens (tertiary/aromatic N) is 1. The van der Waals surface area contributed by atoms with Crippen LogP contribution >= 0.6 is 0 Å². The summed E-state index contributed by atoms with van der Waals surface area (Å²) in [6.45, 7) is -13.8. The fourth-order valence-corrected chi connectivity index (χ4v) is 1.55.